The Balaban J connectivity index is 2.58. The lowest BCUT2D eigenvalue weighted by Gasteiger charge is -2.07. The van der Waals surface area contributed by atoms with E-state index >= 15 is 0 Å². The van der Waals surface area contributed by atoms with Gasteiger partial charge in [0.1, 0.15) is 0 Å². The summed E-state index contributed by atoms with van der Waals surface area (Å²) in [5, 5.41) is 0. The van der Waals surface area contributed by atoms with Crippen LogP contribution in [0.15, 0.2) is 47.6 Å². The van der Waals surface area contributed by atoms with Crippen LogP contribution < -0.4 is 0 Å². The molecule has 0 atom stereocenters. The molecule has 1 aromatic carbocycles. The molecule has 0 fully saturated rings. The van der Waals surface area contributed by atoms with E-state index in [2.05, 4.69) is 62.4 Å². The predicted molar refractivity (Wildman–Crippen MR) is 62.9 cm³/mol. The van der Waals surface area contributed by atoms with Crippen molar-refractivity contribution in [3.8, 4) is 0 Å². The molecule has 1 aliphatic rings. The lowest BCUT2D eigenvalue weighted by molar-refractivity contribution is 1.36. The quantitative estimate of drug-likeness (QED) is 0.567. The number of rotatable bonds is 0. The van der Waals surface area contributed by atoms with Crippen LogP contribution in [-0.2, 0) is 0 Å². The van der Waals surface area contributed by atoms with Gasteiger partial charge in [0, 0.05) is 0 Å². The van der Waals surface area contributed by atoms with Gasteiger partial charge in [-0.3, -0.25) is 0 Å². The first-order valence-corrected chi connectivity index (χ1v) is 4.90. The average molecular weight is 182 g/mol. The highest BCUT2D eigenvalue weighted by molar-refractivity contribution is 5.70. The van der Waals surface area contributed by atoms with E-state index in [0.29, 0.717) is 0 Å². The Labute approximate surface area is 85.3 Å². The normalized spacial score (nSPS) is 24.7. The van der Waals surface area contributed by atoms with E-state index in [9.17, 15) is 0 Å². The Morgan fingerprint density at radius 3 is 2.36 bits per heavy atom. The summed E-state index contributed by atoms with van der Waals surface area (Å²) >= 11 is 0. The van der Waals surface area contributed by atoms with Gasteiger partial charge in [-0.2, -0.15) is 0 Å². The first-order chi connectivity index (χ1) is 6.77. The molecule has 0 saturated heterocycles. The van der Waals surface area contributed by atoms with Crippen LogP contribution in [0.3, 0.4) is 0 Å². The van der Waals surface area contributed by atoms with Crippen LogP contribution >= 0.6 is 0 Å². The van der Waals surface area contributed by atoms with E-state index in [0.717, 1.165) is 0 Å². The second-order valence-corrected chi connectivity index (χ2v) is 3.67. The maximum Gasteiger partial charge on any atom is -0.0181 e. The highest BCUT2D eigenvalue weighted by Crippen LogP contribution is 2.20. The van der Waals surface area contributed by atoms with Crippen molar-refractivity contribution in [2.75, 3.05) is 0 Å². The van der Waals surface area contributed by atoms with E-state index in [4.69, 9.17) is 0 Å². The molecular weight excluding hydrogens is 168 g/mol. The second-order valence-electron chi connectivity index (χ2n) is 3.67. The largest absolute Gasteiger partial charge is 0.0616 e. The fraction of sp³-hybridized carbons (Fsp3) is 0.143. The SMILES string of the molecule is CC1=C/C=C\c2ccccc2/C=C\1C. The predicted octanol–water partition coefficient (Wildman–Crippen LogP) is 4.06. The standard InChI is InChI=1S/C14H14/c1-11-6-5-9-13-7-3-4-8-14(13)10-12(11)2/h3-10H,1-2H3/b6-5?,9-5-,11-6-,12-10-,12-11?,13-9?,14-10?. The van der Waals surface area contributed by atoms with Crippen LogP contribution in [-0.4, -0.2) is 0 Å². The first-order valence-electron chi connectivity index (χ1n) is 4.90. The van der Waals surface area contributed by atoms with Crippen LogP contribution in [0.5, 0.6) is 0 Å². The molecule has 70 valence electrons. The van der Waals surface area contributed by atoms with E-state index in [1.807, 2.05) is 0 Å². The Kier molecular flexibility index (Phi) is 2.36. The van der Waals surface area contributed by atoms with Gasteiger partial charge in [-0.15, -0.1) is 0 Å². The van der Waals surface area contributed by atoms with Crippen LogP contribution in [0.1, 0.15) is 25.0 Å². The lowest BCUT2D eigenvalue weighted by atomic mass is 9.99. The molecule has 0 spiro atoms. The summed E-state index contributed by atoms with van der Waals surface area (Å²) in [6.07, 6.45) is 8.67. The topological polar surface area (TPSA) is 0 Å². The molecule has 0 heteroatoms. The van der Waals surface area contributed by atoms with Gasteiger partial charge in [0.15, 0.2) is 0 Å². The number of hydrogen-bond acceptors (Lipinski definition) is 0. The minimum atomic E-state index is 1.29. The zero-order valence-corrected chi connectivity index (χ0v) is 8.62. The molecule has 2 rings (SSSR count). The van der Waals surface area contributed by atoms with Crippen molar-refractivity contribution in [3.63, 3.8) is 0 Å². The highest BCUT2D eigenvalue weighted by atomic mass is 14.0. The van der Waals surface area contributed by atoms with Crippen molar-refractivity contribution in [1.82, 2.24) is 0 Å². The second kappa shape index (κ2) is 3.67. The first kappa shape index (κ1) is 9.01. The Bertz CT molecular complexity index is 431. The third-order valence-electron chi connectivity index (χ3n) is 2.61. The lowest BCUT2D eigenvalue weighted by Crippen LogP contribution is -1.86. The van der Waals surface area contributed by atoms with E-state index in [1.165, 1.54) is 22.3 Å². The summed E-state index contributed by atoms with van der Waals surface area (Å²) in [7, 11) is 0. The molecule has 0 aromatic heterocycles. The van der Waals surface area contributed by atoms with Gasteiger partial charge in [-0.25, -0.2) is 0 Å². The summed E-state index contributed by atoms with van der Waals surface area (Å²) < 4.78 is 0. The van der Waals surface area contributed by atoms with Gasteiger partial charge in [0.25, 0.3) is 0 Å². The fourth-order valence-corrected chi connectivity index (χ4v) is 1.57. The van der Waals surface area contributed by atoms with Crippen molar-refractivity contribution in [2.24, 2.45) is 0 Å². The summed E-state index contributed by atoms with van der Waals surface area (Å²) in [5.74, 6) is 0. The molecule has 0 radical (unpaired) electrons. The van der Waals surface area contributed by atoms with Crippen molar-refractivity contribution < 1.29 is 0 Å². The molecular formula is C14H14. The molecule has 0 heterocycles. The van der Waals surface area contributed by atoms with Crippen molar-refractivity contribution in [2.45, 2.75) is 13.8 Å². The zero-order valence-electron chi connectivity index (χ0n) is 8.62. The number of fused-ring (bicyclic) bond motifs is 1. The molecule has 0 nitrogen and oxygen atoms in total. The Morgan fingerprint density at radius 1 is 0.857 bits per heavy atom. The van der Waals surface area contributed by atoms with Gasteiger partial charge in [0.2, 0.25) is 0 Å². The van der Waals surface area contributed by atoms with Gasteiger partial charge in [-0.1, -0.05) is 48.6 Å². The Hall–Kier alpha value is -1.56. The molecule has 0 N–H and O–H groups in total. The third kappa shape index (κ3) is 1.69. The van der Waals surface area contributed by atoms with Gasteiger partial charge in [0.05, 0.1) is 0 Å². The Morgan fingerprint density at radius 2 is 1.57 bits per heavy atom. The third-order valence-corrected chi connectivity index (χ3v) is 2.61. The number of allylic oxidation sites excluding steroid dienone is 4. The number of hydrogen-bond donors (Lipinski definition) is 0. The summed E-state index contributed by atoms with van der Waals surface area (Å²) in [6.45, 7) is 4.30. The molecule has 14 heavy (non-hydrogen) atoms. The minimum Gasteiger partial charge on any atom is -0.0616 e. The smallest absolute Gasteiger partial charge is 0.0181 e. The number of benzene rings is 1. The summed E-state index contributed by atoms with van der Waals surface area (Å²) in [4.78, 5) is 0. The van der Waals surface area contributed by atoms with E-state index in [-0.39, 0.29) is 0 Å². The molecule has 1 aromatic rings. The van der Waals surface area contributed by atoms with Gasteiger partial charge >= 0.3 is 0 Å². The van der Waals surface area contributed by atoms with Gasteiger partial charge < -0.3 is 0 Å². The van der Waals surface area contributed by atoms with Crippen molar-refractivity contribution in [3.05, 3.63) is 58.7 Å². The van der Waals surface area contributed by atoms with Crippen LogP contribution in [0.4, 0.5) is 0 Å². The van der Waals surface area contributed by atoms with Gasteiger partial charge in [-0.05, 0) is 36.1 Å². The molecule has 0 aliphatic heterocycles. The highest BCUT2D eigenvalue weighted by Gasteiger charge is 1.99. The fourth-order valence-electron chi connectivity index (χ4n) is 1.57. The van der Waals surface area contributed by atoms with Crippen LogP contribution in [0.2, 0.25) is 0 Å². The maximum atomic E-state index is 2.24. The van der Waals surface area contributed by atoms with E-state index in [1.54, 1.807) is 0 Å². The van der Waals surface area contributed by atoms with Crippen LogP contribution in [0, 0.1) is 0 Å². The van der Waals surface area contributed by atoms with E-state index < -0.39 is 0 Å². The van der Waals surface area contributed by atoms with Crippen molar-refractivity contribution in [1.29, 1.82) is 0 Å². The summed E-state index contributed by atoms with van der Waals surface area (Å²) in [5.41, 5.74) is 5.25. The maximum absolute atomic E-state index is 2.24. The minimum absolute atomic E-state index is 1.29. The average Bonchev–Trinajstić information content (AvgIpc) is 2.18. The molecule has 0 saturated carbocycles. The molecule has 0 unspecified atom stereocenters. The molecule has 0 amide bonds. The molecule has 0 bridgehead atoms. The summed E-state index contributed by atoms with van der Waals surface area (Å²) in [6, 6.07) is 8.45. The monoisotopic (exact) mass is 182 g/mol. The van der Waals surface area contributed by atoms with Crippen molar-refractivity contribution >= 4 is 12.2 Å². The molecule has 1 aliphatic carbocycles. The zero-order chi connectivity index (χ0) is 9.97. The van der Waals surface area contributed by atoms with Crippen LogP contribution in [0.25, 0.3) is 12.2 Å².